The van der Waals surface area contributed by atoms with Crippen molar-refractivity contribution in [1.82, 2.24) is 5.16 Å². The van der Waals surface area contributed by atoms with E-state index in [2.05, 4.69) is 25.8 Å². The molecular formula is C18H17BrN2O3S. The molecule has 1 N–H and O–H groups in total. The fourth-order valence-corrected chi connectivity index (χ4v) is 4.05. The molecule has 1 heterocycles. The zero-order valence-electron chi connectivity index (χ0n) is 14.0. The molecule has 5 nitrogen and oxygen atoms in total. The maximum Gasteiger partial charge on any atom is 0.262 e. The Morgan fingerprint density at radius 2 is 1.76 bits per heavy atom. The zero-order chi connectivity index (χ0) is 18.2. The Hall–Kier alpha value is -2.12. The molecule has 7 heteroatoms. The number of hydrogen-bond acceptors (Lipinski definition) is 4. The Bertz CT molecular complexity index is 1040. The van der Waals surface area contributed by atoms with Crippen LogP contribution in [-0.2, 0) is 10.0 Å². The van der Waals surface area contributed by atoms with Crippen LogP contribution in [0.25, 0.3) is 11.3 Å². The van der Waals surface area contributed by atoms with E-state index in [1.165, 1.54) is 0 Å². The molecule has 0 aliphatic carbocycles. The molecule has 3 rings (SSSR count). The number of sulfonamides is 1. The largest absolute Gasteiger partial charge is 0.356 e. The third-order valence-corrected chi connectivity index (χ3v) is 6.22. The Labute approximate surface area is 155 Å². The van der Waals surface area contributed by atoms with Crippen molar-refractivity contribution in [3.05, 3.63) is 63.8 Å². The highest BCUT2D eigenvalue weighted by atomic mass is 79.9. The van der Waals surface area contributed by atoms with E-state index in [4.69, 9.17) is 4.52 Å². The van der Waals surface area contributed by atoms with Crippen LogP contribution in [0.5, 0.6) is 0 Å². The van der Waals surface area contributed by atoms with Crippen molar-refractivity contribution in [2.24, 2.45) is 0 Å². The van der Waals surface area contributed by atoms with Gasteiger partial charge in [0.25, 0.3) is 10.0 Å². The van der Waals surface area contributed by atoms with E-state index in [0.717, 1.165) is 21.3 Å². The molecule has 1 aromatic heterocycles. The first-order valence-electron chi connectivity index (χ1n) is 7.59. The molecule has 0 saturated heterocycles. The normalized spacial score (nSPS) is 11.5. The van der Waals surface area contributed by atoms with Gasteiger partial charge in [-0.25, -0.2) is 8.42 Å². The standard InChI is InChI=1S/C18H17BrN2O3S/c1-11-9-15(5-6-16(11)19)21-25(22,23)18-7-4-14(8-12(18)2)17-10-13(3)20-24-17/h4-10,21H,1-3H3. The number of nitrogens with zero attached hydrogens (tertiary/aromatic N) is 1. The lowest BCUT2D eigenvalue weighted by Gasteiger charge is -2.12. The van der Waals surface area contributed by atoms with Crippen LogP contribution >= 0.6 is 15.9 Å². The number of rotatable bonds is 4. The van der Waals surface area contributed by atoms with Crippen LogP contribution < -0.4 is 4.72 Å². The summed E-state index contributed by atoms with van der Waals surface area (Å²) in [6.07, 6.45) is 0. The number of aryl methyl sites for hydroxylation is 3. The third kappa shape index (κ3) is 3.77. The van der Waals surface area contributed by atoms with Crippen molar-refractivity contribution < 1.29 is 12.9 Å². The molecule has 0 unspecified atom stereocenters. The molecule has 0 aliphatic rings. The maximum atomic E-state index is 12.7. The Morgan fingerprint density at radius 3 is 2.36 bits per heavy atom. The van der Waals surface area contributed by atoms with Crippen molar-refractivity contribution in [2.45, 2.75) is 25.7 Å². The van der Waals surface area contributed by atoms with Gasteiger partial charge < -0.3 is 4.52 Å². The minimum Gasteiger partial charge on any atom is -0.356 e. The van der Waals surface area contributed by atoms with E-state index in [1.54, 1.807) is 37.3 Å². The monoisotopic (exact) mass is 420 g/mol. The first-order chi connectivity index (χ1) is 11.8. The van der Waals surface area contributed by atoms with E-state index in [0.29, 0.717) is 17.0 Å². The number of benzene rings is 2. The molecular weight excluding hydrogens is 404 g/mol. The van der Waals surface area contributed by atoms with Gasteiger partial charge in [-0.3, -0.25) is 4.72 Å². The Morgan fingerprint density at radius 1 is 1.00 bits per heavy atom. The molecule has 0 fully saturated rings. The summed E-state index contributed by atoms with van der Waals surface area (Å²) in [6, 6.07) is 12.2. The highest BCUT2D eigenvalue weighted by Gasteiger charge is 2.18. The summed E-state index contributed by atoms with van der Waals surface area (Å²) in [7, 11) is -3.68. The van der Waals surface area contributed by atoms with E-state index in [9.17, 15) is 8.42 Å². The second kappa shape index (κ2) is 6.65. The second-order valence-electron chi connectivity index (χ2n) is 5.88. The average molecular weight is 421 g/mol. The number of anilines is 1. The molecule has 0 radical (unpaired) electrons. The van der Waals surface area contributed by atoms with Crippen molar-refractivity contribution in [3.8, 4) is 11.3 Å². The fourth-order valence-electron chi connectivity index (χ4n) is 2.52. The van der Waals surface area contributed by atoms with Crippen LogP contribution in [0, 0.1) is 20.8 Å². The van der Waals surface area contributed by atoms with Crippen molar-refractivity contribution in [2.75, 3.05) is 4.72 Å². The van der Waals surface area contributed by atoms with E-state index in [1.807, 2.05) is 26.0 Å². The van der Waals surface area contributed by atoms with Crippen molar-refractivity contribution in [1.29, 1.82) is 0 Å². The molecule has 25 heavy (non-hydrogen) atoms. The van der Waals surface area contributed by atoms with Crippen LogP contribution in [0.2, 0.25) is 0 Å². The summed E-state index contributed by atoms with van der Waals surface area (Å²) < 4.78 is 34.2. The number of hydrogen-bond donors (Lipinski definition) is 1. The van der Waals surface area contributed by atoms with E-state index in [-0.39, 0.29) is 4.90 Å². The SMILES string of the molecule is Cc1cc(-c2ccc(S(=O)(=O)Nc3ccc(Br)c(C)c3)c(C)c2)on1. The van der Waals surface area contributed by atoms with Gasteiger partial charge in [-0.05, 0) is 68.3 Å². The topological polar surface area (TPSA) is 72.2 Å². The number of halogens is 1. The summed E-state index contributed by atoms with van der Waals surface area (Å²) >= 11 is 3.41. The zero-order valence-corrected chi connectivity index (χ0v) is 16.4. The number of nitrogens with one attached hydrogen (secondary N) is 1. The van der Waals surface area contributed by atoms with Crippen molar-refractivity contribution >= 4 is 31.6 Å². The predicted octanol–water partition coefficient (Wildman–Crippen LogP) is 4.83. The van der Waals surface area contributed by atoms with Crippen LogP contribution in [0.3, 0.4) is 0 Å². The van der Waals surface area contributed by atoms with E-state index < -0.39 is 10.0 Å². The van der Waals surface area contributed by atoms with Gasteiger partial charge in [0.05, 0.1) is 10.6 Å². The van der Waals surface area contributed by atoms with Gasteiger partial charge in [0, 0.05) is 21.8 Å². The molecule has 0 saturated carbocycles. The second-order valence-corrected chi connectivity index (χ2v) is 8.39. The molecule has 0 atom stereocenters. The molecule has 0 amide bonds. The van der Waals surface area contributed by atoms with Gasteiger partial charge in [-0.2, -0.15) is 0 Å². The number of aromatic nitrogens is 1. The van der Waals surface area contributed by atoms with Gasteiger partial charge in [-0.15, -0.1) is 0 Å². The minimum atomic E-state index is -3.68. The lowest BCUT2D eigenvalue weighted by Crippen LogP contribution is -2.14. The fraction of sp³-hybridized carbons (Fsp3) is 0.167. The van der Waals surface area contributed by atoms with Crippen LogP contribution in [0.15, 0.2) is 56.4 Å². The van der Waals surface area contributed by atoms with Crippen molar-refractivity contribution in [3.63, 3.8) is 0 Å². The summed E-state index contributed by atoms with van der Waals surface area (Å²) in [5.74, 6) is 0.612. The van der Waals surface area contributed by atoms with Gasteiger partial charge in [0.15, 0.2) is 5.76 Å². The van der Waals surface area contributed by atoms with Gasteiger partial charge in [0.1, 0.15) is 0 Å². The molecule has 0 aliphatic heterocycles. The molecule has 130 valence electrons. The first-order valence-corrected chi connectivity index (χ1v) is 9.87. The lowest BCUT2D eigenvalue weighted by atomic mass is 10.1. The van der Waals surface area contributed by atoms with Gasteiger partial charge in [0.2, 0.25) is 0 Å². The lowest BCUT2D eigenvalue weighted by molar-refractivity contribution is 0.427. The first kappa shape index (κ1) is 17.7. The van der Waals surface area contributed by atoms with Crippen LogP contribution in [0.1, 0.15) is 16.8 Å². The third-order valence-electron chi connectivity index (χ3n) is 3.79. The average Bonchev–Trinajstić information content (AvgIpc) is 2.97. The summed E-state index contributed by atoms with van der Waals surface area (Å²) in [4.78, 5) is 0.230. The molecule has 0 spiro atoms. The Balaban J connectivity index is 1.93. The summed E-state index contributed by atoms with van der Waals surface area (Å²) in [6.45, 7) is 5.50. The Kier molecular flexibility index (Phi) is 4.71. The molecule has 2 aromatic carbocycles. The quantitative estimate of drug-likeness (QED) is 0.655. The van der Waals surface area contributed by atoms with Crippen LogP contribution in [-0.4, -0.2) is 13.6 Å². The van der Waals surface area contributed by atoms with E-state index >= 15 is 0 Å². The molecule has 0 bridgehead atoms. The summed E-state index contributed by atoms with van der Waals surface area (Å²) in [5, 5.41) is 3.86. The maximum absolute atomic E-state index is 12.7. The highest BCUT2D eigenvalue weighted by Crippen LogP contribution is 2.27. The van der Waals surface area contributed by atoms with Gasteiger partial charge >= 0.3 is 0 Å². The molecule has 3 aromatic rings. The minimum absolute atomic E-state index is 0.230. The highest BCUT2D eigenvalue weighted by molar-refractivity contribution is 9.10. The smallest absolute Gasteiger partial charge is 0.262 e. The summed E-state index contributed by atoms with van der Waals surface area (Å²) in [5.41, 5.74) is 3.67. The van der Waals surface area contributed by atoms with Gasteiger partial charge in [-0.1, -0.05) is 21.1 Å². The predicted molar refractivity (Wildman–Crippen MR) is 101 cm³/mol. The van der Waals surface area contributed by atoms with Crippen LogP contribution in [0.4, 0.5) is 5.69 Å².